The Hall–Kier alpha value is -3.07. The van der Waals surface area contributed by atoms with Gasteiger partial charge in [-0.05, 0) is 61.7 Å². The van der Waals surface area contributed by atoms with E-state index in [1.807, 2.05) is 12.4 Å². The Bertz CT molecular complexity index is 1050. The van der Waals surface area contributed by atoms with E-state index in [2.05, 4.69) is 90.7 Å². The summed E-state index contributed by atoms with van der Waals surface area (Å²) in [7, 11) is 0. The Morgan fingerprint density at radius 3 is 2.46 bits per heavy atom. The molecule has 0 amide bonds. The number of rotatable bonds is 4. The van der Waals surface area contributed by atoms with Gasteiger partial charge in [0.1, 0.15) is 0 Å². The molecule has 4 aromatic rings. The summed E-state index contributed by atoms with van der Waals surface area (Å²) in [5.41, 5.74) is 8.58. The van der Waals surface area contributed by atoms with Crippen LogP contribution in [0.4, 0.5) is 5.69 Å². The lowest BCUT2D eigenvalue weighted by atomic mass is 9.95. The fourth-order valence-corrected chi connectivity index (χ4v) is 3.61. The van der Waals surface area contributed by atoms with Crippen LogP contribution in [0.5, 0.6) is 0 Å². The second kappa shape index (κ2) is 6.68. The third-order valence-electron chi connectivity index (χ3n) is 5.18. The van der Waals surface area contributed by atoms with Crippen LogP contribution in [0.25, 0.3) is 10.9 Å². The number of hydrogen-bond donors (Lipinski definition) is 2. The first-order valence-corrected chi connectivity index (χ1v) is 8.95. The summed E-state index contributed by atoms with van der Waals surface area (Å²) >= 11 is 0. The fraction of sp³-hybridized carbons (Fsp3) is 0.174. The second-order valence-corrected chi connectivity index (χ2v) is 6.81. The van der Waals surface area contributed by atoms with Crippen molar-refractivity contribution < 1.29 is 0 Å². The highest BCUT2D eigenvalue weighted by molar-refractivity contribution is 5.86. The van der Waals surface area contributed by atoms with E-state index in [-0.39, 0.29) is 6.04 Å². The van der Waals surface area contributed by atoms with E-state index in [9.17, 15) is 0 Å². The molecule has 2 aromatic carbocycles. The first-order valence-electron chi connectivity index (χ1n) is 8.95. The van der Waals surface area contributed by atoms with E-state index in [0.717, 1.165) is 5.69 Å². The van der Waals surface area contributed by atoms with Crippen LogP contribution < -0.4 is 5.32 Å². The number of pyridine rings is 1. The van der Waals surface area contributed by atoms with Crippen LogP contribution >= 0.6 is 0 Å². The minimum Gasteiger partial charge on any atom is -0.374 e. The summed E-state index contributed by atoms with van der Waals surface area (Å²) in [5, 5.41) is 5.05. The zero-order valence-electron chi connectivity index (χ0n) is 15.4. The number of hydrogen-bond acceptors (Lipinski definition) is 2. The highest BCUT2D eigenvalue weighted by atomic mass is 14.9. The molecule has 2 N–H and O–H groups in total. The number of aryl methyl sites for hydroxylation is 2. The summed E-state index contributed by atoms with van der Waals surface area (Å²) < 4.78 is 0. The topological polar surface area (TPSA) is 40.7 Å². The Morgan fingerprint density at radius 1 is 0.885 bits per heavy atom. The minimum absolute atomic E-state index is 0.0506. The third-order valence-corrected chi connectivity index (χ3v) is 5.18. The van der Waals surface area contributed by atoms with Crippen molar-refractivity contribution in [3.63, 3.8) is 0 Å². The van der Waals surface area contributed by atoms with Crippen molar-refractivity contribution in [2.75, 3.05) is 5.32 Å². The van der Waals surface area contributed by atoms with E-state index < -0.39 is 0 Å². The molecule has 2 aromatic heterocycles. The molecule has 1 atom stereocenters. The molecule has 4 rings (SSSR count). The number of para-hydroxylation sites is 1. The second-order valence-electron chi connectivity index (χ2n) is 6.81. The maximum Gasteiger partial charge on any atom is 0.0792 e. The molecule has 1 unspecified atom stereocenters. The average Bonchev–Trinajstić information content (AvgIpc) is 2.99. The Kier molecular flexibility index (Phi) is 4.21. The summed E-state index contributed by atoms with van der Waals surface area (Å²) in [6, 6.07) is 19.1. The van der Waals surface area contributed by atoms with Crippen LogP contribution in [-0.4, -0.2) is 9.97 Å². The van der Waals surface area contributed by atoms with Gasteiger partial charge in [-0.3, -0.25) is 4.98 Å². The van der Waals surface area contributed by atoms with Gasteiger partial charge in [-0.15, -0.1) is 0 Å². The molecule has 0 radical (unpaired) electrons. The molecule has 0 aliphatic rings. The number of aromatic amines is 1. The molecule has 2 heterocycles. The number of anilines is 1. The normalized spacial score (nSPS) is 12.3. The summed E-state index contributed by atoms with van der Waals surface area (Å²) in [4.78, 5) is 7.73. The van der Waals surface area contributed by atoms with Crippen molar-refractivity contribution in [3.8, 4) is 0 Å². The molecule has 3 nitrogen and oxygen atoms in total. The van der Waals surface area contributed by atoms with E-state index in [4.69, 9.17) is 0 Å². The predicted octanol–water partition coefficient (Wildman–Crippen LogP) is 5.69. The summed E-state index contributed by atoms with van der Waals surface area (Å²) in [6.07, 6.45) is 3.72. The highest BCUT2D eigenvalue weighted by Gasteiger charge is 2.21. The lowest BCUT2D eigenvalue weighted by Crippen LogP contribution is -2.14. The van der Waals surface area contributed by atoms with Crippen molar-refractivity contribution in [2.45, 2.75) is 26.8 Å². The van der Waals surface area contributed by atoms with Gasteiger partial charge in [0.2, 0.25) is 0 Å². The van der Waals surface area contributed by atoms with Crippen LogP contribution in [-0.2, 0) is 0 Å². The molecule has 0 saturated heterocycles. The zero-order chi connectivity index (χ0) is 18.1. The summed E-state index contributed by atoms with van der Waals surface area (Å²) in [5.74, 6) is 0. The van der Waals surface area contributed by atoms with Crippen LogP contribution in [0.2, 0.25) is 0 Å². The molecule has 0 aliphatic heterocycles. The van der Waals surface area contributed by atoms with Crippen LogP contribution in [0.15, 0.2) is 67.0 Å². The lowest BCUT2D eigenvalue weighted by molar-refractivity contribution is 0.925. The van der Waals surface area contributed by atoms with E-state index in [0.29, 0.717) is 0 Å². The lowest BCUT2D eigenvalue weighted by Gasteiger charge is -2.23. The fourth-order valence-electron chi connectivity index (χ4n) is 3.61. The molecule has 3 heteroatoms. The van der Waals surface area contributed by atoms with Gasteiger partial charge in [-0.1, -0.05) is 30.3 Å². The van der Waals surface area contributed by atoms with Crippen molar-refractivity contribution in [1.29, 1.82) is 0 Å². The van der Waals surface area contributed by atoms with Crippen LogP contribution in [0.3, 0.4) is 0 Å². The molecule has 130 valence electrons. The van der Waals surface area contributed by atoms with Gasteiger partial charge in [-0.2, -0.15) is 0 Å². The molecule has 0 aliphatic carbocycles. The van der Waals surface area contributed by atoms with Gasteiger partial charge in [0.25, 0.3) is 0 Å². The number of H-pyrrole nitrogens is 1. The van der Waals surface area contributed by atoms with E-state index in [1.54, 1.807) is 0 Å². The Labute approximate surface area is 154 Å². The monoisotopic (exact) mass is 341 g/mol. The van der Waals surface area contributed by atoms with Gasteiger partial charge in [0, 0.05) is 40.2 Å². The maximum atomic E-state index is 4.20. The van der Waals surface area contributed by atoms with Gasteiger partial charge < -0.3 is 10.3 Å². The number of nitrogens with one attached hydrogen (secondary N) is 2. The number of benzene rings is 2. The smallest absolute Gasteiger partial charge is 0.0792 e. The molecule has 0 bridgehead atoms. The highest BCUT2D eigenvalue weighted by Crippen LogP contribution is 2.35. The van der Waals surface area contributed by atoms with Crippen molar-refractivity contribution in [1.82, 2.24) is 9.97 Å². The quantitative estimate of drug-likeness (QED) is 0.500. The van der Waals surface area contributed by atoms with Gasteiger partial charge in [-0.25, -0.2) is 0 Å². The SMILES string of the molecule is Cc1cccc(NC(c2ccncc2)c2c(C)[nH]c3ccccc23)c1C. The molecular weight excluding hydrogens is 318 g/mol. The van der Waals surface area contributed by atoms with Crippen molar-refractivity contribution in [2.24, 2.45) is 0 Å². The van der Waals surface area contributed by atoms with Gasteiger partial charge in [0.15, 0.2) is 0 Å². The first-order chi connectivity index (χ1) is 12.6. The average molecular weight is 341 g/mol. The van der Waals surface area contributed by atoms with Crippen molar-refractivity contribution >= 4 is 16.6 Å². The molecular formula is C23H23N3. The maximum absolute atomic E-state index is 4.20. The predicted molar refractivity (Wildman–Crippen MR) is 109 cm³/mol. The third kappa shape index (κ3) is 2.86. The standard InChI is InChI=1S/C23H23N3/c1-15-7-6-10-20(16(15)2)26-23(18-11-13-24-14-12-18)22-17(3)25-21-9-5-4-8-19(21)22/h4-14,23,25-26H,1-3H3. The Balaban J connectivity index is 1.89. The zero-order valence-corrected chi connectivity index (χ0v) is 15.4. The number of nitrogens with zero attached hydrogens (tertiary/aromatic N) is 1. The largest absolute Gasteiger partial charge is 0.374 e. The Morgan fingerprint density at radius 2 is 1.65 bits per heavy atom. The number of aromatic nitrogens is 2. The van der Waals surface area contributed by atoms with E-state index in [1.165, 1.54) is 38.9 Å². The number of fused-ring (bicyclic) bond motifs is 1. The van der Waals surface area contributed by atoms with E-state index >= 15 is 0 Å². The van der Waals surface area contributed by atoms with Gasteiger partial charge in [0.05, 0.1) is 6.04 Å². The van der Waals surface area contributed by atoms with Gasteiger partial charge >= 0.3 is 0 Å². The molecule has 0 spiro atoms. The van der Waals surface area contributed by atoms with Crippen LogP contribution in [0.1, 0.15) is 34.0 Å². The molecule has 0 fully saturated rings. The summed E-state index contributed by atoms with van der Waals surface area (Å²) in [6.45, 7) is 6.47. The molecule has 0 saturated carbocycles. The van der Waals surface area contributed by atoms with Crippen molar-refractivity contribution in [3.05, 3.63) is 94.9 Å². The van der Waals surface area contributed by atoms with Crippen LogP contribution in [0, 0.1) is 20.8 Å². The minimum atomic E-state index is 0.0506. The molecule has 26 heavy (non-hydrogen) atoms. The first kappa shape index (κ1) is 16.4.